The molecule has 96 valence electrons. The average molecular weight is 324 g/mol. The molecule has 0 saturated carbocycles. The van der Waals surface area contributed by atoms with E-state index in [1.54, 1.807) is 30.4 Å². The normalized spacial score (nSPS) is 21.3. The van der Waals surface area contributed by atoms with Crippen molar-refractivity contribution in [1.82, 2.24) is 5.43 Å². The van der Waals surface area contributed by atoms with Crippen LogP contribution >= 0.6 is 46.4 Å². The number of benzene rings is 1. The van der Waals surface area contributed by atoms with E-state index in [0.29, 0.717) is 5.02 Å². The lowest BCUT2D eigenvalue weighted by Crippen LogP contribution is -2.29. The summed E-state index contributed by atoms with van der Waals surface area (Å²) < 4.78 is -1.07. The first kappa shape index (κ1) is 13.9. The van der Waals surface area contributed by atoms with E-state index in [-0.39, 0.29) is 0 Å². The van der Waals surface area contributed by atoms with Gasteiger partial charge in [-0.05, 0) is 36.4 Å². The monoisotopic (exact) mass is 322 g/mol. The minimum absolute atomic E-state index is 0.491. The highest BCUT2D eigenvalue weighted by Gasteiger charge is 2.31. The Morgan fingerprint density at radius 1 is 1.17 bits per heavy atom. The van der Waals surface area contributed by atoms with Crippen molar-refractivity contribution in [2.45, 2.75) is 9.71 Å². The molecule has 1 aromatic carbocycles. The fourth-order valence-electron chi connectivity index (χ4n) is 1.41. The summed E-state index contributed by atoms with van der Waals surface area (Å²) in [6.45, 7) is 0. The summed E-state index contributed by atoms with van der Waals surface area (Å²) >= 11 is 23.8. The zero-order valence-corrected chi connectivity index (χ0v) is 12.2. The van der Waals surface area contributed by atoms with Gasteiger partial charge in [0.1, 0.15) is 0 Å². The lowest BCUT2D eigenvalue weighted by atomic mass is 10.1. The van der Waals surface area contributed by atoms with Crippen LogP contribution in [0.3, 0.4) is 0 Å². The maximum atomic E-state index is 6.03. The second-order valence-corrected chi connectivity index (χ2v) is 6.14. The summed E-state index contributed by atoms with van der Waals surface area (Å²) in [7, 11) is 0. The van der Waals surface area contributed by atoms with Crippen molar-refractivity contribution in [3.63, 3.8) is 0 Å². The minimum atomic E-state index is -1.07. The van der Waals surface area contributed by atoms with Crippen LogP contribution in [0.5, 0.6) is 0 Å². The molecule has 18 heavy (non-hydrogen) atoms. The maximum Gasteiger partial charge on any atom is 0.156 e. The molecule has 0 amide bonds. The third-order valence-corrected chi connectivity index (χ3v) is 4.01. The van der Waals surface area contributed by atoms with Gasteiger partial charge in [0.15, 0.2) is 4.33 Å². The Hall–Kier alpha value is -0.540. The van der Waals surface area contributed by atoms with E-state index in [9.17, 15) is 0 Å². The number of halogens is 4. The quantitative estimate of drug-likeness (QED) is 0.632. The number of alkyl halides is 3. The second-order valence-electron chi connectivity index (χ2n) is 3.79. The van der Waals surface area contributed by atoms with Gasteiger partial charge in [0.25, 0.3) is 0 Å². The number of rotatable bonds is 3. The van der Waals surface area contributed by atoms with Crippen LogP contribution < -0.4 is 10.9 Å². The summed E-state index contributed by atoms with van der Waals surface area (Å²) in [5, 5.41) is 0.167. The lowest BCUT2D eigenvalue weighted by molar-refractivity contribution is 0.899. The maximum absolute atomic E-state index is 6.03. The van der Waals surface area contributed by atoms with E-state index in [0.717, 1.165) is 11.4 Å². The van der Waals surface area contributed by atoms with Gasteiger partial charge in [0, 0.05) is 5.02 Å². The van der Waals surface area contributed by atoms with Crippen molar-refractivity contribution < 1.29 is 0 Å². The summed E-state index contributed by atoms with van der Waals surface area (Å²) in [5.74, 6) is 0. The van der Waals surface area contributed by atoms with Crippen LogP contribution in [0.15, 0.2) is 48.2 Å². The van der Waals surface area contributed by atoms with Crippen LogP contribution in [0.1, 0.15) is 0 Å². The molecule has 2 nitrogen and oxygen atoms in total. The number of hydrogen-bond donors (Lipinski definition) is 2. The van der Waals surface area contributed by atoms with Crippen LogP contribution in [0.2, 0.25) is 5.02 Å². The van der Waals surface area contributed by atoms with Gasteiger partial charge in [-0.25, -0.2) is 0 Å². The molecule has 0 radical (unpaired) electrons. The zero-order valence-electron chi connectivity index (χ0n) is 9.13. The Morgan fingerprint density at radius 3 is 2.61 bits per heavy atom. The molecule has 1 unspecified atom stereocenters. The fraction of sp³-hybridized carbons (Fsp3) is 0.167. The van der Waals surface area contributed by atoms with Gasteiger partial charge in [-0.15, -0.1) is 11.6 Å². The molecule has 0 fully saturated rings. The number of allylic oxidation sites excluding steroid dienone is 3. The Labute approximate surface area is 126 Å². The third-order valence-electron chi connectivity index (χ3n) is 2.35. The Balaban J connectivity index is 1.98. The molecule has 6 heteroatoms. The van der Waals surface area contributed by atoms with Gasteiger partial charge >= 0.3 is 0 Å². The molecule has 2 rings (SSSR count). The SMILES string of the molecule is Clc1cccc(NNC2=CC(Cl)C(Cl)(Cl)C=C2)c1. The Bertz CT molecular complexity index is 497. The smallest absolute Gasteiger partial charge is 0.156 e. The molecule has 0 aromatic heterocycles. The molecule has 1 aliphatic rings. The lowest BCUT2D eigenvalue weighted by Gasteiger charge is -2.24. The van der Waals surface area contributed by atoms with Crippen molar-refractivity contribution in [3.05, 3.63) is 53.2 Å². The summed E-state index contributed by atoms with van der Waals surface area (Å²) in [5.41, 5.74) is 7.63. The zero-order chi connectivity index (χ0) is 13.2. The van der Waals surface area contributed by atoms with Crippen LogP contribution in [0.4, 0.5) is 5.69 Å². The highest BCUT2D eigenvalue weighted by atomic mass is 35.5. The molecule has 0 bridgehead atoms. The van der Waals surface area contributed by atoms with Crippen LogP contribution in [0, 0.1) is 0 Å². The highest BCUT2D eigenvalue weighted by molar-refractivity contribution is 6.54. The summed E-state index contributed by atoms with van der Waals surface area (Å²) in [6, 6.07) is 7.34. The number of nitrogens with one attached hydrogen (secondary N) is 2. The fourth-order valence-corrected chi connectivity index (χ4v) is 2.06. The predicted octanol–water partition coefficient (Wildman–Crippen LogP) is 4.49. The van der Waals surface area contributed by atoms with E-state index >= 15 is 0 Å². The van der Waals surface area contributed by atoms with Gasteiger partial charge in [-0.3, -0.25) is 0 Å². The van der Waals surface area contributed by atoms with Crippen molar-refractivity contribution in [1.29, 1.82) is 0 Å². The van der Waals surface area contributed by atoms with Crippen molar-refractivity contribution in [2.24, 2.45) is 0 Å². The molecule has 1 aliphatic carbocycles. The average Bonchev–Trinajstić information content (AvgIpc) is 2.31. The number of hydrazine groups is 1. The van der Waals surface area contributed by atoms with Crippen LogP contribution in [-0.4, -0.2) is 9.71 Å². The molecule has 2 N–H and O–H groups in total. The molecule has 0 aliphatic heterocycles. The molecule has 1 atom stereocenters. The van der Waals surface area contributed by atoms with Crippen molar-refractivity contribution in [2.75, 3.05) is 5.43 Å². The Kier molecular flexibility index (Phi) is 4.33. The van der Waals surface area contributed by atoms with E-state index in [1.165, 1.54) is 0 Å². The van der Waals surface area contributed by atoms with E-state index in [4.69, 9.17) is 46.4 Å². The predicted molar refractivity (Wildman–Crippen MR) is 79.5 cm³/mol. The first-order valence-corrected chi connectivity index (χ1v) is 6.75. The van der Waals surface area contributed by atoms with Gasteiger partial charge in [-0.2, -0.15) is 0 Å². The molecule has 1 aromatic rings. The molecule has 0 spiro atoms. The van der Waals surface area contributed by atoms with E-state index < -0.39 is 9.71 Å². The van der Waals surface area contributed by atoms with Crippen LogP contribution in [-0.2, 0) is 0 Å². The van der Waals surface area contributed by atoms with Gasteiger partial charge in [0.05, 0.1) is 16.8 Å². The molecular formula is C12H10Cl4N2. The summed E-state index contributed by atoms with van der Waals surface area (Å²) in [6.07, 6.45) is 5.13. The van der Waals surface area contributed by atoms with Crippen molar-refractivity contribution in [3.8, 4) is 0 Å². The highest BCUT2D eigenvalue weighted by Crippen LogP contribution is 2.35. The number of anilines is 1. The largest absolute Gasteiger partial charge is 0.301 e. The first-order valence-electron chi connectivity index (χ1n) is 5.18. The van der Waals surface area contributed by atoms with E-state index in [2.05, 4.69) is 10.9 Å². The summed E-state index contributed by atoms with van der Waals surface area (Å²) in [4.78, 5) is 0. The topological polar surface area (TPSA) is 24.1 Å². The number of hydrogen-bond acceptors (Lipinski definition) is 2. The minimum Gasteiger partial charge on any atom is -0.301 e. The first-order chi connectivity index (χ1) is 8.47. The standard InChI is InChI=1S/C12H10Cl4N2/c13-8-2-1-3-9(6-8)17-18-10-4-5-12(15,16)11(14)7-10/h1-7,11,17-18H. The van der Waals surface area contributed by atoms with Crippen molar-refractivity contribution >= 4 is 52.1 Å². The molecule has 0 heterocycles. The second kappa shape index (κ2) is 5.62. The third kappa shape index (κ3) is 3.48. The van der Waals surface area contributed by atoms with Crippen LogP contribution in [0.25, 0.3) is 0 Å². The van der Waals surface area contributed by atoms with Gasteiger partial charge < -0.3 is 10.9 Å². The van der Waals surface area contributed by atoms with Gasteiger partial charge in [0.2, 0.25) is 0 Å². The molecule has 0 saturated heterocycles. The Morgan fingerprint density at radius 2 is 1.94 bits per heavy atom. The molecular weight excluding hydrogens is 314 g/mol. The van der Waals surface area contributed by atoms with Gasteiger partial charge in [-0.1, -0.05) is 40.9 Å². The van der Waals surface area contributed by atoms with E-state index in [1.807, 2.05) is 12.1 Å².